The maximum atomic E-state index is 12.3. The van der Waals surface area contributed by atoms with Crippen molar-refractivity contribution >= 4 is 18.0 Å². The van der Waals surface area contributed by atoms with Crippen LogP contribution in [-0.2, 0) is 14.3 Å². The smallest absolute Gasteiger partial charge is 0.409 e. The van der Waals surface area contributed by atoms with E-state index < -0.39 is 23.7 Å². The molecule has 2 aliphatic heterocycles. The van der Waals surface area contributed by atoms with Gasteiger partial charge in [-0.1, -0.05) is 0 Å². The van der Waals surface area contributed by atoms with Gasteiger partial charge in [-0.15, -0.1) is 0 Å². The van der Waals surface area contributed by atoms with Crippen LogP contribution in [0.25, 0.3) is 0 Å². The molecule has 2 fully saturated rings. The van der Waals surface area contributed by atoms with E-state index >= 15 is 0 Å². The Bertz CT molecular complexity index is 487. The van der Waals surface area contributed by atoms with E-state index in [1.165, 1.54) is 9.80 Å². The Kier molecular flexibility index (Phi) is 6.04. The summed E-state index contributed by atoms with van der Waals surface area (Å²) in [7, 11) is 0. The number of amides is 2. The number of ether oxygens (including phenoxy) is 2. The summed E-state index contributed by atoms with van der Waals surface area (Å²) in [5.74, 6) is -0.678. The molecule has 1 unspecified atom stereocenters. The van der Waals surface area contributed by atoms with Gasteiger partial charge in [0.05, 0.1) is 24.7 Å². The molecule has 0 bridgehead atoms. The van der Waals surface area contributed by atoms with Gasteiger partial charge in [0, 0.05) is 32.6 Å². The molecule has 2 rings (SSSR count). The highest BCUT2D eigenvalue weighted by atomic mass is 16.6. The van der Waals surface area contributed by atoms with Gasteiger partial charge in [-0.05, 0) is 26.7 Å². The van der Waals surface area contributed by atoms with Crippen molar-refractivity contribution in [1.82, 2.24) is 9.80 Å². The fourth-order valence-electron chi connectivity index (χ4n) is 3.32. The van der Waals surface area contributed by atoms with Gasteiger partial charge < -0.3 is 24.4 Å². The molecule has 8 nitrogen and oxygen atoms in total. The molecule has 2 aliphatic rings. The normalized spacial score (nSPS) is 23.8. The molecule has 0 radical (unpaired) electrons. The van der Waals surface area contributed by atoms with E-state index in [0.29, 0.717) is 39.1 Å². The minimum Gasteiger partial charge on any atom is -0.450 e. The first-order valence-corrected chi connectivity index (χ1v) is 8.49. The summed E-state index contributed by atoms with van der Waals surface area (Å²) in [5, 5.41) is 10.9. The van der Waals surface area contributed by atoms with Crippen molar-refractivity contribution in [2.75, 3.05) is 39.4 Å². The lowest BCUT2D eigenvalue weighted by molar-refractivity contribution is -0.142. The molecule has 1 N–H and O–H groups in total. The van der Waals surface area contributed by atoms with Crippen molar-refractivity contribution < 1.29 is 29.0 Å². The molecule has 8 heteroatoms. The number of hydrogen-bond acceptors (Lipinski definition) is 6. The Hall–Kier alpha value is -1.83. The van der Waals surface area contributed by atoms with Gasteiger partial charge >= 0.3 is 12.2 Å². The first-order chi connectivity index (χ1) is 11.4. The van der Waals surface area contributed by atoms with Crippen molar-refractivity contribution in [1.29, 1.82) is 0 Å². The first kappa shape index (κ1) is 18.5. The van der Waals surface area contributed by atoms with Crippen LogP contribution in [0.15, 0.2) is 0 Å². The molecule has 2 amide bonds. The number of Topliss-reactive ketones (excluding diaryl/α,β-unsaturated/α-hetero) is 1. The van der Waals surface area contributed by atoms with Crippen LogP contribution < -0.4 is 0 Å². The van der Waals surface area contributed by atoms with E-state index in [4.69, 9.17) is 9.47 Å². The molecule has 0 spiro atoms. The van der Waals surface area contributed by atoms with Crippen LogP contribution in [0.2, 0.25) is 0 Å². The van der Waals surface area contributed by atoms with Gasteiger partial charge in [0.15, 0.2) is 0 Å². The fourth-order valence-corrected chi connectivity index (χ4v) is 3.32. The summed E-state index contributed by atoms with van der Waals surface area (Å²) in [6.45, 7) is 5.18. The van der Waals surface area contributed by atoms with Gasteiger partial charge in [-0.25, -0.2) is 9.59 Å². The summed E-state index contributed by atoms with van der Waals surface area (Å²) < 4.78 is 9.95. The van der Waals surface area contributed by atoms with Crippen molar-refractivity contribution in [2.24, 2.45) is 5.92 Å². The summed E-state index contributed by atoms with van der Waals surface area (Å²) in [5.41, 5.74) is -1.20. The van der Waals surface area contributed by atoms with Crippen LogP contribution >= 0.6 is 0 Å². The fraction of sp³-hybridized carbons (Fsp3) is 0.812. The van der Waals surface area contributed by atoms with Crippen LogP contribution in [0.1, 0.15) is 33.1 Å². The number of carbonyl (C=O) groups excluding carboxylic acids is 3. The summed E-state index contributed by atoms with van der Waals surface area (Å²) >= 11 is 0. The molecule has 0 aromatic carbocycles. The Balaban J connectivity index is 1.99. The van der Waals surface area contributed by atoms with E-state index in [0.717, 1.165) is 0 Å². The second kappa shape index (κ2) is 7.83. The highest BCUT2D eigenvalue weighted by Crippen LogP contribution is 2.34. The number of hydrogen-bond donors (Lipinski definition) is 1. The maximum Gasteiger partial charge on any atom is 0.409 e. The lowest BCUT2D eigenvalue weighted by Crippen LogP contribution is -2.58. The molecule has 0 aromatic heterocycles. The minimum atomic E-state index is -1.20. The molecule has 0 aromatic rings. The van der Waals surface area contributed by atoms with Crippen LogP contribution in [0.3, 0.4) is 0 Å². The third-order valence-corrected chi connectivity index (χ3v) is 4.75. The van der Waals surface area contributed by atoms with Crippen LogP contribution in [0.4, 0.5) is 9.59 Å². The van der Waals surface area contributed by atoms with E-state index in [1.807, 2.05) is 0 Å². The first-order valence-electron chi connectivity index (χ1n) is 8.49. The number of rotatable bonds is 3. The highest BCUT2D eigenvalue weighted by Gasteiger charge is 2.47. The zero-order valence-corrected chi connectivity index (χ0v) is 14.3. The average molecular weight is 342 g/mol. The Morgan fingerprint density at radius 3 is 2.17 bits per heavy atom. The largest absolute Gasteiger partial charge is 0.450 e. The van der Waals surface area contributed by atoms with E-state index in [2.05, 4.69) is 0 Å². The lowest BCUT2D eigenvalue weighted by Gasteiger charge is -2.44. The zero-order chi connectivity index (χ0) is 17.7. The van der Waals surface area contributed by atoms with Gasteiger partial charge in [0.25, 0.3) is 0 Å². The number of ketones is 1. The average Bonchev–Trinajstić information content (AvgIpc) is 2.56. The highest BCUT2D eigenvalue weighted by molar-refractivity contribution is 5.85. The maximum absolute atomic E-state index is 12.3. The van der Waals surface area contributed by atoms with Crippen molar-refractivity contribution in [3.8, 4) is 0 Å². The Morgan fingerprint density at radius 1 is 1.08 bits per heavy atom. The molecular weight excluding hydrogens is 316 g/mol. The van der Waals surface area contributed by atoms with Crippen molar-refractivity contribution in [3.63, 3.8) is 0 Å². The van der Waals surface area contributed by atoms with Crippen molar-refractivity contribution in [2.45, 2.75) is 38.7 Å². The lowest BCUT2D eigenvalue weighted by atomic mass is 9.75. The molecule has 24 heavy (non-hydrogen) atoms. The van der Waals surface area contributed by atoms with Gasteiger partial charge in [-0.2, -0.15) is 0 Å². The summed E-state index contributed by atoms with van der Waals surface area (Å²) in [6, 6.07) is 0. The minimum absolute atomic E-state index is 0.0392. The second-order valence-corrected chi connectivity index (χ2v) is 6.20. The molecule has 0 saturated carbocycles. The third kappa shape index (κ3) is 3.98. The predicted molar refractivity (Wildman–Crippen MR) is 84.5 cm³/mol. The monoisotopic (exact) mass is 342 g/mol. The second-order valence-electron chi connectivity index (χ2n) is 6.20. The number of likely N-dealkylation sites (tertiary alicyclic amines) is 2. The molecule has 136 valence electrons. The van der Waals surface area contributed by atoms with E-state index in [9.17, 15) is 19.5 Å². The molecule has 2 saturated heterocycles. The molecule has 1 atom stereocenters. The number of nitrogens with zero attached hydrogens (tertiary/aromatic N) is 2. The quantitative estimate of drug-likeness (QED) is 0.822. The standard InChI is InChI=1S/C16H26N2O6/c1-3-23-14(20)17-9-6-16(22,7-10-17)12-11-18(8-5-13(12)19)15(21)24-4-2/h12,22H,3-11H2,1-2H3. The topological polar surface area (TPSA) is 96.4 Å². The van der Waals surface area contributed by atoms with E-state index in [-0.39, 0.29) is 25.4 Å². The Labute approximate surface area is 141 Å². The van der Waals surface area contributed by atoms with Crippen LogP contribution in [0, 0.1) is 5.92 Å². The Morgan fingerprint density at radius 2 is 1.62 bits per heavy atom. The molecule has 0 aliphatic carbocycles. The SMILES string of the molecule is CCOC(=O)N1CCC(O)(C2CN(C(=O)OCC)CCC2=O)CC1. The summed E-state index contributed by atoms with van der Waals surface area (Å²) in [6.07, 6.45) is -0.0595. The van der Waals surface area contributed by atoms with Gasteiger partial charge in [0.2, 0.25) is 0 Å². The number of carbonyl (C=O) groups is 3. The third-order valence-electron chi connectivity index (χ3n) is 4.75. The number of aliphatic hydroxyl groups is 1. The van der Waals surface area contributed by atoms with E-state index in [1.54, 1.807) is 13.8 Å². The van der Waals surface area contributed by atoms with Crippen LogP contribution in [0.5, 0.6) is 0 Å². The van der Waals surface area contributed by atoms with Crippen LogP contribution in [-0.4, -0.2) is 77.9 Å². The van der Waals surface area contributed by atoms with Crippen molar-refractivity contribution in [3.05, 3.63) is 0 Å². The zero-order valence-electron chi connectivity index (χ0n) is 14.3. The molecular formula is C16H26N2O6. The van der Waals surface area contributed by atoms with Gasteiger partial charge in [0.1, 0.15) is 5.78 Å². The van der Waals surface area contributed by atoms with Gasteiger partial charge in [-0.3, -0.25) is 4.79 Å². The predicted octanol–water partition coefficient (Wildman–Crippen LogP) is 1.02. The summed E-state index contributed by atoms with van der Waals surface area (Å²) in [4.78, 5) is 39.0. The molecule has 2 heterocycles. The number of piperidine rings is 2.